The maximum absolute atomic E-state index is 13.9. The van der Waals surface area contributed by atoms with E-state index in [1.165, 1.54) is 17.0 Å². The van der Waals surface area contributed by atoms with Gasteiger partial charge in [0.2, 0.25) is 11.8 Å². The molecule has 0 radical (unpaired) electrons. The molecule has 0 unspecified atom stereocenters. The highest BCUT2D eigenvalue weighted by Crippen LogP contribution is 2.29. The molecule has 0 aliphatic carbocycles. The number of hydrogen-bond donors (Lipinski definition) is 1. The van der Waals surface area contributed by atoms with Gasteiger partial charge in [-0.15, -0.1) is 0 Å². The Hall–Kier alpha value is -3.36. The van der Waals surface area contributed by atoms with Gasteiger partial charge >= 0.3 is 0 Å². The topological polar surface area (TPSA) is 86.8 Å². The van der Waals surface area contributed by atoms with Crippen molar-refractivity contribution in [3.63, 3.8) is 0 Å². The number of carbonyl (C=O) groups is 2. The number of aryl methyl sites for hydroxylation is 2. The van der Waals surface area contributed by atoms with E-state index in [0.29, 0.717) is 22.7 Å². The summed E-state index contributed by atoms with van der Waals surface area (Å²) in [5.74, 6) is -0.788. The molecule has 0 spiro atoms. The fourth-order valence-corrected chi connectivity index (χ4v) is 5.93. The molecule has 0 heterocycles. The first kappa shape index (κ1) is 30.2. The Morgan fingerprint density at radius 1 is 0.923 bits per heavy atom. The van der Waals surface area contributed by atoms with Crippen molar-refractivity contribution < 1.29 is 18.0 Å². The van der Waals surface area contributed by atoms with Crippen molar-refractivity contribution in [1.29, 1.82) is 0 Å². The van der Waals surface area contributed by atoms with Crippen LogP contribution in [0.2, 0.25) is 5.02 Å². The molecule has 39 heavy (non-hydrogen) atoms. The number of rotatable bonds is 11. The molecule has 0 saturated heterocycles. The minimum Gasteiger partial charge on any atom is -0.352 e. The van der Waals surface area contributed by atoms with Crippen molar-refractivity contribution in [2.45, 2.75) is 58.0 Å². The van der Waals surface area contributed by atoms with Gasteiger partial charge in [-0.05, 0) is 82.5 Å². The molecular formula is C30H36ClN3O4S. The molecule has 0 aliphatic rings. The highest BCUT2D eigenvalue weighted by Gasteiger charge is 2.33. The third kappa shape index (κ3) is 7.83. The molecule has 0 aromatic heterocycles. The van der Waals surface area contributed by atoms with Gasteiger partial charge in [-0.1, -0.05) is 59.6 Å². The Balaban J connectivity index is 2.01. The van der Waals surface area contributed by atoms with Gasteiger partial charge in [0.25, 0.3) is 10.0 Å². The van der Waals surface area contributed by atoms with Crippen LogP contribution in [-0.4, -0.2) is 50.3 Å². The molecule has 0 saturated carbocycles. The Morgan fingerprint density at radius 2 is 1.56 bits per heavy atom. The summed E-state index contributed by atoms with van der Waals surface area (Å²) in [4.78, 5) is 28.4. The second-order valence-corrected chi connectivity index (χ2v) is 12.2. The smallest absolute Gasteiger partial charge is 0.264 e. The number of hydrogen-bond acceptors (Lipinski definition) is 4. The Labute approximate surface area is 236 Å². The summed E-state index contributed by atoms with van der Waals surface area (Å²) in [6, 6.07) is 20.1. The lowest BCUT2D eigenvalue weighted by Crippen LogP contribution is -2.53. The zero-order valence-corrected chi connectivity index (χ0v) is 24.6. The van der Waals surface area contributed by atoms with Crippen LogP contribution in [0.1, 0.15) is 37.5 Å². The van der Waals surface area contributed by atoms with Gasteiger partial charge in [0.05, 0.1) is 10.6 Å². The molecule has 1 atom stereocenters. The zero-order valence-electron chi connectivity index (χ0n) is 23.0. The van der Waals surface area contributed by atoms with Crippen molar-refractivity contribution in [1.82, 2.24) is 10.2 Å². The lowest BCUT2D eigenvalue weighted by molar-refractivity contribution is -0.139. The predicted molar refractivity (Wildman–Crippen MR) is 156 cm³/mol. The van der Waals surface area contributed by atoms with Crippen LogP contribution in [0.5, 0.6) is 0 Å². The summed E-state index contributed by atoms with van der Waals surface area (Å²) in [6.45, 7) is 8.73. The third-order valence-electron chi connectivity index (χ3n) is 6.40. The quantitative estimate of drug-likeness (QED) is 0.346. The van der Waals surface area contributed by atoms with Gasteiger partial charge in [0.15, 0.2) is 0 Å². The van der Waals surface area contributed by atoms with Crippen LogP contribution in [0.4, 0.5) is 5.69 Å². The number of amides is 2. The molecular weight excluding hydrogens is 534 g/mol. The second-order valence-electron chi connectivity index (χ2n) is 9.92. The molecule has 2 amide bonds. The van der Waals surface area contributed by atoms with E-state index in [1.807, 2.05) is 51.1 Å². The van der Waals surface area contributed by atoms with E-state index < -0.39 is 28.5 Å². The average molecular weight is 570 g/mol. The largest absolute Gasteiger partial charge is 0.352 e. The minimum absolute atomic E-state index is 0.0664. The molecule has 208 valence electrons. The molecule has 3 aromatic rings. The fraction of sp³-hybridized carbons (Fsp3) is 0.333. The Bertz CT molecular complexity index is 1390. The van der Waals surface area contributed by atoms with E-state index in [1.54, 1.807) is 44.2 Å². The fourth-order valence-electron chi connectivity index (χ4n) is 4.22. The first-order valence-corrected chi connectivity index (χ1v) is 14.7. The first-order valence-electron chi connectivity index (χ1n) is 12.9. The van der Waals surface area contributed by atoms with Crippen molar-refractivity contribution in [2.75, 3.05) is 17.4 Å². The van der Waals surface area contributed by atoms with Crippen LogP contribution in [0.3, 0.4) is 0 Å². The number of carbonyl (C=O) groups excluding carboxylic acids is 2. The van der Waals surface area contributed by atoms with E-state index in [-0.39, 0.29) is 23.4 Å². The average Bonchev–Trinajstić information content (AvgIpc) is 2.88. The van der Waals surface area contributed by atoms with E-state index >= 15 is 0 Å². The van der Waals surface area contributed by atoms with E-state index in [2.05, 4.69) is 5.32 Å². The lowest BCUT2D eigenvalue weighted by atomic mass is 10.1. The summed E-state index contributed by atoms with van der Waals surface area (Å²) < 4.78 is 28.9. The molecule has 7 nitrogen and oxygen atoms in total. The lowest BCUT2D eigenvalue weighted by Gasteiger charge is -2.32. The maximum Gasteiger partial charge on any atom is 0.264 e. The SMILES string of the molecule is Cc1ccc(S(=O)(=O)N(CC(=O)N(CCc2ccccc2)[C@H](C)C(=O)NC(C)C)c2ccc(Cl)cc2C)cc1. The van der Waals surface area contributed by atoms with Gasteiger partial charge in [0.1, 0.15) is 12.6 Å². The van der Waals surface area contributed by atoms with E-state index in [4.69, 9.17) is 11.6 Å². The Morgan fingerprint density at radius 3 is 2.15 bits per heavy atom. The predicted octanol–water partition coefficient (Wildman–Crippen LogP) is 5.14. The third-order valence-corrected chi connectivity index (χ3v) is 8.41. The van der Waals surface area contributed by atoms with Gasteiger partial charge in [-0.3, -0.25) is 13.9 Å². The number of halogens is 1. The number of anilines is 1. The van der Waals surface area contributed by atoms with Gasteiger partial charge in [-0.2, -0.15) is 0 Å². The number of benzene rings is 3. The molecule has 0 aliphatic heterocycles. The summed E-state index contributed by atoms with van der Waals surface area (Å²) in [6.07, 6.45) is 0.510. The van der Waals surface area contributed by atoms with Crippen LogP contribution in [0.15, 0.2) is 77.7 Å². The monoisotopic (exact) mass is 569 g/mol. The number of nitrogens with one attached hydrogen (secondary N) is 1. The van der Waals surface area contributed by atoms with Crippen LogP contribution in [-0.2, 0) is 26.0 Å². The molecule has 0 fully saturated rings. The van der Waals surface area contributed by atoms with E-state index in [0.717, 1.165) is 15.4 Å². The van der Waals surface area contributed by atoms with Crippen LogP contribution in [0.25, 0.3) is 0 Å². The molecule has 9 heteroatoms. The first-order chi connectivity index (χ1) is 18.4. The molecule has 3 aromatic carbocycles. The Kier molecular flexibility index (Phi) is 10.2. The highest BCUT2D eigenvalue weighted by molar-refractivity contribution is 7.92. The standard InChI is InChI=1S/C30H36ClN3O4S/c1-21(2)32-30(36)24(5)33(18-17-25-9-7-6-8-10-25)29(35)20-34(28-16-13-26(31)19-23(28)4)39(37,38)27-14-11-22(3)12-15-27/h6-16,19,21,24H,17-18,20H2,1-5H3,(H,32,36)/t24-/m1/s1. The summed E-state index contributed by atoms with van der Waals surface area (Å²) >= 11 is 6.16. The maximum atomic E-state index is 13.9. The van der Waals surface area contributed by atoms with Crippen LogP contribution >= 0.6 is 11.6 Å². The van der Waals surface area contributed by atoms with Crippen LogP contribution in [0, 0.1) is 13.8 Å². The van der Waals surface area contributed by atoms with Gasteiger partial charge in [0, 0.05) is 17.6 Å². The van der Waals surface area contributed by atoms with Crippen molar-refractivity contribution in [3.05, 3.63) is 94.5 Å². The number of sulfonamides is 1. The molecule has 3 rings (SSSR count). The molecule has 1 N–H and O–H groups in total. The number of nitrogens with zero attached hydrogens (tertiary/aromatic N) is 2. The highest BCUT2D eigenvalue weighted by atomic mass is 35.5. The van der Waals surface area contributed by atoms with Gasteiger partial charge < -0.3 is 10.2 Å². The summed E-state index contributed by atoms with van der Waals surface area (Å²) in [5, 5.41) is 3.32. The van der Waals surface area contributed by atoms with Gasteiger partial charge in [-0.25, -0.2) is 8.42 Å². The molecule has 0 bridgehead atoms. The van der Waals surface area contributed by atoms with E-state index in [9.17, 15) is 18.0 Å². The zero-order chi connectivity index (χ0) is 28.7. The van der Waals surface area contributed by atoms with Crippen molar-refractivity contribution in [3.8, 4) is 0 Å². The van der Waals surface area contributed by atoms with Crippen LogP contribution < -0.4 is 9.62 Å². The summed E-state index contributed by atoms with van der Waals surface area (Å²) in [5.41, 5.74) is 2.86. The minimum atomic E-state index is -4.12. The van der Waals surface area contributed by atoms with Crippen molar-refractivity contribution in [2.24, 2.45) is 0 Å². The van der Waals surface area contributed by atoms with Crippen molar-refractivity contribution >= 4 is 39.1 Å². The summed E-state index contributed by atoms with van der Waals surface area (Å²) in [7, 11) is -4.12. The normalized spacial score (nSPS) is 12.2. The second kappa shape index (κ2) is 13.1.